The molecule has 0 heterocycles. The molecule has 100 valence electrons. The Hall–Kier alpha value is -1.23. The molecule has 0 saturated heterocycles. The number of aryl methyl sites for hydroxylation is 1. The van der Waals surface area contributed by atoms with E-state index in [1.54, 1.807) is 12.1 Å². The molecule has 1 aromatic carbocycles. The smallest absolute Gasteiger partial charge is 0.399 e. The molecule has 0 amide bonds. The lowest BCUT2D eigenvalue weighted by molar-refractivity contribution is -0.165. The molecule has 1 saturated carbocycles. The fourth-order valence-electron chi connectivity index (χ4n) is 1.99. The topological polar surface area (TPSA) is 38.0 Å². The predicted molar refractivity (Wildman–Crippen MR) is 65.2 cm³/mol. The molecule has 2 rings (SSSR count). The Morgan fingerprint density at radius 2 is 1.78 bits per heavy atom. The van der Waals surface area contributed by atoms with Gasteiger partial charge in [0.05, 0.1) is 0 Å². The van der Waals surface area contributed by atoms with Gasteiger partial charge in [0.1, 0.15) is 5.54 Å². The fraction of sp³-hybridized carbons (Fsp3) is 0.538. The van der Waals surface area contributed by atoms with E-state index < -0.39 is 11.7 Å². The molecule has 1 fully saturated rings. The van der Waals surface area contributed by atoms with Crippen molar-refractivity contribution >= 4 is 5.69 Å². The molecule has 0 bridgehead atoms. The number of hydrogen-bond acceptors (Lipinski definition) is 2. The van der Waals surface area contributed by atoms with Crippen molar-refractivity contribution in [1.29, 1.82) is 0 Å². The van der Waals surface area contributed by atoms with Crippen LogP contribution < -0.4 is 11.1 Å². The summed E-state index contributed by atoms with van der Waals surface area (Å²) in [6.45, 7) is 0.393. The summed E-state index contributed by atoms with van der Waals surface area (Å²) in [5.41, 5.74) is 5.77. The average Bonchev–Trinajstić information content (AvgIpc) is 3.07. The molecule has 1 aliphatic rings. The maximum atomic E-state index is 12.6. The summed E-state index contributed by atoms with van der Waals surface area (Å²) in [6.07, 6.45) is -2.24. The largest absolute Gasteiger partial charge is 0.406 e. The minimum atomic E-state index is -4.12. The zero-order valence-corrected chi connectivity index (χ0v) is 10.1. The van der Waals surface area contributed by atoms with E-state index in [9.17, 15) is 13.2 Å². The van der Waals surface area contributed by atoms with Gasteiger partial charge in [-0.1, -0.05) is 12.1 Å². The third-order valence-electron chi connectivity index (χ3n) is 3.38. The standard InChI is InChI=1S/C13H17F3N2/c14-13(15,16)12(7-8-12)18-9-1-2-10-3-5-11(17)6-4-10/h3-6,18H,1-2,7-9,17H2. The Kier molecular flexibility index (Phi) is 3.52. The lowest BCUT2D eigenvalue weighted by Gasteiger charge is -2.20. The first kappa shape index (κ1) is 13.2. The number of halogens is 3. The molecule has 0 aromatic heterocycles. The second-order valence-corrected chi connectivity index (χ2v) is 4.85. The fourth-order valence-corrected chi connectivity index (χ4v) is 1.99. The van der Waals surface area contributed by atoms with Crippen molar-refractivity contribution in [3.05, 3.63) is 29.8 Å². The van der Waals surface area contributed by atoms with Crippen LogP contribution in [0.15, 0.2) is 24.3 Å². The van der Waals surface area contributed by atoms with Gasteiger partial charge in [0.2, 0.25) is 0 Å². The number of hydrogen-bond donors (Lipinski definition) is 2. The van der Waals surface area contributed by atoms with Crippen LogP contribution in [0.4, 0.5) is 18.9 Å². The first-order valence-electron chi connectivity index (χ1n) is 6.09. The van der Waals surface area contributed by atoms with Gasteiger partial charge in [0.15, 0.2) is 0 Å². The molecule has 0 spiro atoms. The van der Waals surface area contributed by atoms with Gasteiger partial charge >= 0.3 is 6.18 Å². The second-order valence-electron chi connectivity index (χ2n) is 4.85. The molecular weight excluding hydrogens is 241 g/mol. The number of nitrogens with one attached hydrogen (secondary N) is 1. The van der Waals surface area contributed by atoms with Crippen LogP contribution in [0.1, 0.15) is 24.8 Å². The molecular formula is C13H17F3N2. The highest BCUT2D eigenvalue weighted by Gasteiger charge is 2.62. The summed E-state index contributed by atoms with van der Waals surface area (Å²) < 4.78 is 37.8. The Morgan fingerprint density at radius 3 is 2.28 bits per heavy atom. The minimum Gasteiger partial charge on any atom is -0.399 e. The quantitative estimate of drug-likeness (QED) is 0.629. The zero-order valence-electron chi connectivity index (χ0n) is 10.1. The summed E-state index contributed by atoms with van der Waals surface area (Å²) in [7, 11) is 0. The van der Waals surface area contributed by atoms with Crippen LogP contribution in [0.5, 0.6) is 0 Å². The van der Waals surface area contributed by atoms with Gasteiger partial charge in [-0.05, 0) is 49.9 Å². The molecule has 2 nitrogen and oxygen atoms in total. The molecule has 1 aliphatic carbocycles. The maximum absolute atomic E-state index is 12.6. The van der Waals surface area contributed by atoms with Crippen LogP contribution >= 0.6 is 0 Å². The molecule has 18 heavy (non-hydrogen) atoms. The maximum Gasteiger partial charge on any atom is 0.406 e. The van der Waals surface area contributed by atoms with Gasteiger partial charge in [-0.2, -0.15) is 13.2 Å². The molecule has 1 aromatic rings. The summed E-state index contributed by atoms with van der Waals surface area (Å²) in [5, 5.41) is 2.64. The Morgan fingerprint density at radius 1 is 1.17 bits per heavy atom. The first-order chi connectivity index (χ1) is 8.43. The van der Waals surface area contributed by atoms with E-state index in [-0.39, 0.29) is 12.8 Å². The predicted octanol–water partition coefficient (Wildman–Crippen LogP) is 2.89. The van der Waals surface area contributed by atoms with Crippen LogP contribution in [-0.4, -0.2) is 18.3 Å². The molecule has 0 unspecified atom stereocenters. The normalized spacial score (nSPS) is 17.7. The van der Waals surface area contributed by atoms with Crippen LogP contribution in [-0.2, 0) is 6.42 Å². The average molecular weight is 258 g/mol. The summed E-state index contributed by atoms with van der Waals surface area (Å²) in [6, 6.07) is 7.43. The van der Waals surface area contributed by atoms with Crippen molar-refractivity contribution in [2.75, 3.05) is 12.3 Å². The number of nitrogen functional groups attached to an aromatic ring is 1. The molecule has 0 radical (unpaired) electrons. The molecule has 3 N–H and O–H groups in total. The Balaban J connectivity index is 1.72. The van der Waals surface area contributed by atoms with E-state index in [2.05, 4.69) is 5.32 Å². The van der Waals surface area contributed by atoms with Crippen LogP contribution in [0.2, 0.25) is 0 Å². The molecule has 0 atom stereocenters. The van der Waals surface area contributed by atoms with Crippen LogP contribution in [0, 0.1) is 0 Å². The highest BCUT2D eigenvalue weighted by Crippen LogP contribution is 2.48. The minimum absolute atomic E-state index is 0.207. The van der Waals surface area contributed by atoms with Crippen molar-refractivity contribution in [2.45, 2.75) is 37.4 Å². The van der Waals surface area contributed by atoms with E-state index in [4.69, 9.17) is 5.73 Å². The zero-order chi connectivity index (χ0) is 13.2. The van der Waals surface area contributed by atoms with E-state index >= 15 is 0 Å². The summed E-state index contributed by atoms with van der Waals surface area (Å²) in [4.78, 5) is 0. The number of rotatable bonds is 5. The number of anilines is 1. The molecule has 5 heteroatoms. The van der Waals surface area contributed by atoms with Crippen molar-refractivity contribution in [1.82, 2.24) is 5.32 Å². The van der Waals surface area contributed by atoms with E-state index in [1.807, 2.05) is 12.1 Å². The van der Waals surface area contributed by atoms with Crippen molar-refractivity contribution < 1.29 is 13.2 Å². The second kappa shape index (κ2) is 4.80. The number of alkyl halides is 3. The van der Waals surface area contributed by atoms with Crippen LogP contribution in [0.3, 0.4) is 0 Å². The van der Waals surface area contributed by atoms with Crippen molar-refractivity contribution in [3.63, 3.8) is 0 Å². The van der Waals surface area contributed by atoms with Gasteiger partial charge in [-0.25, -0.2) is 0 Å². The van der Waals surface area contributed by atoms with E-state index in [0.717, 1.165) is 12.0 Å². The number of benzene rings is 1. The monoisotopic (exact) mass is 258 g/mol. The number of nitrogens with two attached hydrogens (primary N) is 1. The summed E-state index contributed by atoms with van der Waals surface area (Å²) in [5.74, 6) is 0. The molecule has 0 aliphatic heterocycles. The van der Waals surface area contributed by atoms with Gasteiger partial charge in [0.25, 0.3) is 0 Å². The van der Waals surface area contributed by atoms with Crippen molar-refractivity contribution in [2.24, 2.45) is 0 Å². The van der Waals surface area contributed by atoms with Gasteiger partial charge < -0.3 is 11.1 Å². The first-order valence-corrected chi connectivity index (χ1v) is 6.09. The van der Waals surface area contributed by atoms with Gasteiger partial charge in [0, 0.05) is 5.69 Å². The summed E-state index contributed by atoms with van der Waals surface area (Å²) >= 11 is 0. The van der Waals surface area contributed by atoms with Gasteiger partial charge in [-0.15, -0.1) is 0 Å². The highest BCUT2D eigenvalue weighted by atomic mass is 19.4. The Labute approximate surface area is 104 Å². The lowest BCUT2D eigenvalue weighted by atomic mass is 10.1. The lowest BCUT2D eigenvalue weighted by Crippen LogP contribution is -2.45. The third kappa shape index (κ3) is 2.96. The SMILES string of the molecule is Nc1ccc(CCCNC2(C(F)(F)F)CC2)cc1. The van der Waals surface area contributed by atoms with Crippen LogP contribution in [0.25, 0.3) is 0 Å². The highest BCUT2D eigenvalue weighted by molar-refractivity contribution is 5.39. The third-order valence-corrected chi connectivity index (χ3v) is 3.38. The van der Waals surface area contributed by atoms with Crippen molar-refractivity contribution in [3.8, 4) is 0 Å². The van der Waals surface area contributed by atoms with E-state index in [1.165, 1.54) is 0 Å². The Bertz CT molecular complexity index is 394. The van der Waals surface area contributed by atoms with Gasteiger partial charge in [-0.3, -0.25) is 0 Å². The van der Waals surface area contributed by atoms with E-state index in [0.29, 0.717) is 18.7 Å².